The van der Waals surface area contributed by atoms with Crippen LogP contribution in [0.2, 0.25) is 0 Å². The third kappa shape index (κ3) is 2.44. The molecule has 1 heteroatoms. The second kappa shape index (κ2) is 4.96. The van der Waals surface area contributed by atoms with Gasteiger partial charge in [-0.3, -0.25) is 0 Å². The molecular formula is C12H21P. The summed E-state index contributed by atoms with van der Waals surface area (Å²) in [6.07, 6.45) is 6.21. The Labute approximate surface area is 84.3 Å². The van der Waals surface area contributed by atoms with Crippen LogP contribution < -0.4 is 0 Å². The molecule has 2 atom stereocenters. The zero-order valence-corrected chi connectivity index (χ0v) is 10.3. The second-order valence-corrected chi connectivity index (χ2v) is 5.11. The van der Waals surface area contributed by atoms with Crippen molar-refractivity contribution in [2.24, 2.45) is 5.92 Å². The van der Waals surface area contributed by atoms with Gasteiger partial charge in [-0.05, 0) is 42.7 Å². The average molecular weight is 196 g/mol. The molecule has 0 radical (unpaired) electrons. The SMILES string of the molecule is CC/C=C1\PCC(C)C(CC)=C1C. The van der Waals surface area contributed by atoms with Gasteiger partial charge in [0.15, 0.2) is 0 Å². The molecule has 0 nitrogen and oxygen atoms in total. The van der Waals surface area contributed by atoms with Gasteiger partial charge in [-0.1, -0.05) is 41.0 Å². The summed E-state index contributed by atoms with van der Waals surface area (Å²) in [6, 6.07) is 0. The molecule has 0 N–H and O–H groups in total. The van der Waals surface area contributed by atoms with Crippen LogP contribution in [0.3, 0.4) is 0 Å². The Morgan fingerprint density at radius 3 is 2.69 bits per heavy atom. The molecule has 0 amide bonds. The third-order valence-corrected chi connectivity index (χ3v) is 4.64. The fourth-order valence-corrected chi connectivity index (χ4v) is 3.65. The fraction of sp³-hybridized carbons (Fsp3) is 0.667. The van der Waals surface area contributed by atoms with Crippen molar-refractivity contribution >= 4 is 8.58 Å². The Hall–Kier alpha value is -0.0900. The number of rotatable bonds is 2. The molecule has 0 spiro atoms. The van der Waals surface area contributed by atoms with Crippen molar-refractivity contribution in [1.82, 2.24) is 0 Å². The zero-order valence-electron chi connectivity index (χ0n) is 9.28. The van der Waals surface area contributed by atoms with Crippen LogP contribution in [0.25, 0.3) is 0 Å². The maximum Gasteiger partial charge on any atom is -0.0186 e. The summed E-state index contributed by atoms with van der Waals surface area (Å²) in [4.78, 5) is 0. The van der Waals surface area contributed by atoms with E-state index in [1.54, 1.807) is 16.5 Å². The predicted molar refractivity (Wildman–Crippen MR) is 63.7 cm³/mol. The molecule has 1 heterocycles. The summed E-state index contributed by atoms with van der Waals surface area (Å²) in [7, 11) is 1.05. The minimum Gasteiger partial charge on any atom is -0.0899 e. The summed E-state index contributed by atoms with van der Waals surface area (Å²) < 4.78 is 0. The molecule has 13 heavy (non-hydrogen) atoms. The normalized spacial score (nSPS) is 28.9. The molecule has 0 saturated heterocycles. The first-order valence-electron chi connectivity index (χ1n) is 5.34. The van der Waals surface area contributed by atoms with E-state index in [1.807, 2.05) is 0 Å². The molecule has 0 aromatic heterocycles. The smallest absolute Gasteiger partial charge is 0.0186 e. The van der Waals surface area contributed by atoms with Gasteiger partial charge in [0.05, 0.1) is 0 Å². The predicted octanol–water partition coefficient (Wildman–Crippen LogP) is 4.34. The first-order valence-corrected chi connectivity index (χ1v) is 6.55. The Bertz CT molecular complexity index is 236. The third-order valence-electron chi connectivity index (χ3n) is 2.87. The van der Waals surface area contributed by atoms with Gasteiger partial charge in [0.25, 0.3) is 0 Å². The fourth-order valence-electron chi connectivity index (χ4n) is 2.10. The van der Waals surface area contributed by atoms with E-state index in [0.29, 0.717) is 0 Å². The van der Waals surface area contributed by atoms with E-state index >= 15 is 0 Å². The van der Waals surface area contributed by atoms with Gasteiger partial charge in [0.2, 0.25) is 0 Å². The van der Waals surface area contributed by atoms with Crippen LogP contribution in [0.1, 0.15) is 40.5 Å². The lowest BCUT2D eigenvalue weighted by Gasteiger charge is -2.26. The average Bonchev–Trinajstić information content (AvgIpc) is 2.11. The van der Waals surface area contributed by atoms with E-state index in [-0.39, 0.29) is 0 Å². The minimum atomic E-state index is 0.831. The Kier molecular flexibility index (Phi) is 4.19. The van der Waals surface area contributed by atoms with Crippen molar-refractivity contribution in [3.05, 3.63) is 22.5 Å². The standard InChI is InChI=1S/C12H21P/c1-5-7-12-10(4)11(6-2)9(3)8-13-12/h7,9,13H,5-6,8H2,1-4H3/b12-7-. The summed E-state index contributed by atoms with van der Waals surface area (Å²) in [6.45, 7) is 9.20. The number of hydrogen-bond acceptors (Lipinski definition) is 0. The highest BCUT2D eigenvalue weighted by atomic mass is 31.1. The molecule has 0 saturated carbocycles. The van der Waals surface area contributed by atoms with Gasteiger partial charge in [-0.2, -0.15) is 0 Å². The highest BCUT2D eigenvalue weighted by molar-refractivity contribution is 7.43. The van der Waals surface area contributed by atoms with E-state index in [1.165, 1.54) is 19.0 Å². The molecule has 0 aromatic carbocycles. The van der Waals surface area contributed by atoms with E-state index in [2.05, 4.69) is 33.8 Å². The van der Waals surface area contributed by atoms with Crippen LogP contribution in [0.15, 0.2) is 22.5 Å². The Morgan fingerprint density at radius 2 is 2.15 bits per heavy atom. The topological polar surface area (TPSA) is 0 Å². The summed E-state index contributed by atoms with van der Waals surface area (Å²) in [5, 5.41) is 1.64. The van der Waals surface area contributed by atoms with Crippen LogP contribution in [0.5, 0.6) is 0 Å². The monoisotopic (exact) mass is 196 g/mol. The lowest BCUT2D eigenvalue weighted by molar-refractivity contribution is 0.725. The van der Waals surface area contributed by atoms with Crippen LogP contribution in [-0.4, -0.2) is 6.16 Å². The Morgan fingerprint density at radius 1 is 1.46 bits per heavy atom. The number of hydrogen-bond donors (Lipinski definition) is 0. The molecule has 74 valence electrons. The maximum atomic E-state index is 2.41. The highest BCUT2D eigenvalue weighted by Crippen LogP contribution is 2.42. The van der Waals surface area contributed by atoms with Gasteiger partial charge in [-0.15, -0.1) is 0 Å². The summed E-state index contributed by atoms with van der Waals surface area (Å²) in [5.41, 5.74) is 3.29. The highest BCUT2D eigenvalue weighted by Gasteiger charge is 2.18. The van der Waals surface area contributed by atoms with Crippen molar-refractivity contribution in [3.8, 4) is 0 Å². The van der Waals surface area contributed by atoms with Crippen molar-refractivity contribution in [1.29, 1.82) is 0 Å². The van der Waals surface area contributed by atoms with Gasteiger partial charge >= 0.3 is 0 Å². The van der Waals surface area contributed by atoms with Gasteiger partial charge in [0, 0.05) is 0 Å². The van der Waals surface area contributed by atoms with Crippen LogP contribution in [0, 0.1) is 5.92 Å². The molecule has 1 rings (SSSR count). The quantitative estimate of drug-likeness (QED) is 0.576. The van der Waals surface area contributed by atoms with Crippen LogP contribution in [0.4, 0.5) is 0 Å². The van der Waals surface area contributed by atoms with E-state index in [0.717, 1.165) is 14.5 Å². The summed E-state index contributed by atoms with van der Waals surface area (Å²) >= 11 is 0. The first-order chi connectivity index (χ1) is 6.20. The van der Waals surface area contributed by atoms with Crippen molar-refractivity contribution < 1.29 is 0 Å². The largest absolute Gasteiger partial charge is 0.0899 e. The molecule has 2 unspecified atom stereocenters. The van der Waals surface area contributed by atoms with Crippen molar-refractivity contribution in [3.63, 3.8) is 0 Å². The molecular weight excluding hydrogens is 175 g/mol. The van der Waals surface area contributed by atoms with Crippen molar-refractivity contribution in [2.75, 3.05) is 6.16 Å². The van der Waals surface area contributed by atoms with Gasteiger partial charge in [-0.25, -0.2) is 0 Å². The van der Waals surface area contributed by atoms with Gasteiger partial charge in [0.1, 0.15) is 0 Å². The van der Waals surface area contributed by atoms with Crippen LogP contribution in [-0.2, 0) is 0 Å². The first kappa shape index (κ1) is 11.0. The molecule has 1 aliphatic rings. The lowest BCUT2D eigenvalue weighted by Crippen LogP contribution is -2.09. The molecule has 0 bridgehead atoms. The molecule has 1 aliphatic heterocycles. The van der Waals surface area contributed by atoms with Gasteiger partial charge < -0.3 is 0 Å². The minimum absolute atomic E-state index is 0.831. The Balaban J connectivity index is 2.95. The summed E-state index contributed by atoms with van der Waals surface area (Å²) in [5.74, 6) is 0.831. The van der Waals surface area contributed by atoms with Crippen molar-refractivity contribution in [2.45, 2.75) is 40.5 Å². The van der Waals surface area contributed by atoms with E-state index in [4.69, 9.17) is 0 Å². The molecule has 0 aromatic rings. The lowest BCUT2D eigenvalue weighted by atomic mass is 9.94. The second-order valence-electron chi connectivity index (χ2n) is 3.81. The number of allylic oxidation sites excluding steroid dienone is 4. The van der Waals surface area contributed by atoms with Crippen LogP contribution >= 0.6 is 8.58 Å². The maximum absolute atomic E-state index is 2.41. The zero-order chi connectivity index (χ0) is 9.84. The van der Waals surface area contributed by atoms with E-state index in [9.17, 15) is 0 Å². The molecule has 0 fully saturated rings. The van der Waals surface area contributed by atoms with E-state index < -0.39 is 0 Å². The molecule has 0 aliphatic carbocycles.